The summed E-state index contributed by atoms with van der Waals surface area (Å²) in [7, 11) is 0. The van der Waals surface area contributed by atoms with Crippen LogP contribution < -0.4 is 0 Å². The monoisotopic (exact) mass is 230 g/mol. The minimum Gasteiger partial charge on any atom is -0.258 e. The van der Waals surface area contributed by atoms with Crippen LogP contribution in [-0.2, 0) is 6.54 Å². The van der Waals surface area contributed by atoms with Crippen LogP contribution in [0.1, 0.15) is 0 Å². The molecule has 0 amide bonds. The summed E-state index contributed by atoms with van der Waals surface area (Å²) in [5.41, 5.74) is 0.803. The molecule has 0 aliphatic carbocycles. The van der Waals surface area contributed by atoms with Gasteiger partial charge in [0.05, 0.1) is 11.5 Å². The average molecular weight is 230 g/mol. The molecule has 0 saturated carbocycles. The number of rotatable bonds is 4. The highest BCUT2D eigenvalue weighted by Crippen LogP contribution is 2.18. The smallest absolute Gasteiger partial charge is 0.258 e. The number of hydrogen-bond donors (Lipinski definition) is 0. The Balaban J connectivity index is 2.26. The molecule has 0 fully saturated rings. The van der Waals surface area contributed by atoms with E-state index in [1.807, 2.05) is 0 Å². The first-order valence-electron chi connectivity index (χ1n) is 4.96. The summed E-state index contributed by atoms with van der Waals surface area (Å²) in [6.07, 6.45) is 3.31. The van der Waals surface area contributed by atoms with Crippen molar-refractivity contribution in [1.82, 2.24) is 14.8 Å². The molecule has 1 aromatic heterocycles. The molecule has 6 heteroatoms. The summed E-state index contributed by atoms with van der Waals surface area (Å²) in [6.45, 7) is 4.19. The lowest BCUT2D eigenvalue weighted by Crippen LogP contribution is -1.95. The second kappa shape index (κ2) is 4.56. The Hall–Kier alpha value is -2.50. The Bertz CT molecular complexity index is 545. The summed E-state index contributed by atoms with van der Waals surface area (Å²) in [6, 6.07) is 6.13. The van der Waals surface area contributed by atoms with Crippen LogP contribution in [0.2, 0.25) is 0 Å². The van der Waals surface area contributed by atoms with Crippen molar-refractivity contribution in [3.8, 4) is 11.4 Å². The molecule has 17 heavy (non-hydrogen) atoms. The van der Waals surface area contributed by atoms with Crippen LogP contribution in [0.15, 0.2) is 43.2 Å². The number of nitrogens with zero attached hydrogens (tertiary/aromatic N) is 4. The van der Waals surface area contributed by atoms with Gasteiger partial charge in [0, 0.05) is 17.7 Å². The van der Waals surface area contributed by atoms with Crippen molar-refractivity contribution in [2.24, 2.45) is 0 Å². The predicted molar refractivity (Wildman–Crippen MR) is 62.3 cm³/mol. The van der Waals surface area contributed by atoms with Gasteiger partial charge in [-0.25, -0.2) is 9.67 Å². The third kappa shape index (κ3) is 2.36. The molecular formula is C11H10N4O2. The lowest BCUT2D eigenvalue weighted by molar-refractivity contribution is -0.384. The maximum atomic E-state index is 10.5. The topological polar surface area (TPSA) is 73.8 Å². The van der Waals surface area contributed by atoms with E-state index >= 15 is 0 Å². The van der Waals surface area contributed by atoms with Crippen LogP contribution in [-0.4, -0.2) is 19.7 Å². The van der Waals surface area contributed by atoms with Crippen molar-refractivity contribution in [1.29, 1.82) is 0 Å². The highest BCUT2D eigenvalue weighted by molar-refractivity contribution is 5.56. The van der Waals surface area contributed by atoms with E-state index in [9.17, 15) is 10.1 Å². The van der Waals surface area contributed by atoms with Crippen LogP contribution in [0.3, 0.4) is 0 Å². The van der Waals surface area contributed by atoms with Gasteiger partial charge in [0.15, 0.2) is 5.82 Å². The Morgan fingerprint density at radius 2 is 2.12 bits per heavy atom. The molecule has 0 radical (unpaired) electrons. The van der Waals surface area contributed by atoms with Crippen molar-refractivity contribution in [2.45, 2.75) is 6.54 Å². The van der Waals surface area contributed by atoms with Gasteiger partial charge in [0.25, 0.3) is 5.69 Å². The summed E-state index contributed by atoms with van der Waals surface area (Å²) < 4.78 is 1.64. The van der Waals surface area contributed by atoms with Gasteiger partial charge >= 0.3 is 0 Å². The second-order valence-corrected chi connectivity index (χ2v) is 3.38. The van der Waals surface area contributed by atoms with Gasteiger partial charge in [-0.05, 0) is 12.1 Å². The highest BCUT2D eigenvalue weighted by Gasteiger charge is 2.07. The van der Waals surface area contributed by atoms with E-state index in [0.717, 1.165) is 5.56 Å². The minimum absolute atomic E-state index is 0.0549. The number of nitro groups is 1. The van der Waals surface area contributed by atoms with Crippen molar-refractivity contribution in [2.75, 3.05) is 0 Å². The van der Waals surface area contributed by atoms with Gasteiger partial charge in [0.1, 0.15) is 6.33 Å². The van der Waals surface area contributed by atoms with Crippen LogP contribution in [0, 0.1) is 10.1 Å². The van der Waals surface area contributed by atoms with E-state index in [1.54, 1.807) is 29.2 Å². The third-order valence-electron chi connectivity index (χ3n) is 2.19. The quantitative estimate of drug-likeness (QED) is 0.457. The number of hydrogen-bond acceptors (Lipinski definition) is 4. The molecule has 0 atom stereocenters. The SMILES string of the molecule is C=CCn1cnc(-c2ccc([N+](=O)[O-])cc2)n1. The first-order valence-corrected chi connectivity index (χ1v) is 4.96. The van der Waals surface area contributed by atoms with Crippen LogP contribution in [0.5, 0.6) is 0 Å². The molecule has 86 valence electrons. The normalized spacial score (nSPS) is 10.1. The predicted octanol–water partition coefficient (Wildman–Crippen LogP) is 2.04. The largest absolute Gasteiger partial charge is 0.269 e. The molecular weight excluding hydrogens is 220 g/mol. The zero-order valence-corrected chi connectivity index (χ0v) is 8.98. The number of non-ortho nitro benzene ring substituents is 1. The summed E-state index contributed by atoms with van der Waals surface area (Å²) in [5.74, 6) is 0.543. The molecule has 0 spiro atoms. The molecule has 0 bridgehead atoms. The fourth-order valence-electron chi connectivity index (χ4n) is 1.38. The lowest BCUT2D eigenvalue weighted by Gasteiger charge is -1.95. The minimum atomic E-state index is -0.437. The molecule has 0 unspecified atom stereocenters. The van der Waals surface area contributed by atoms with Gasteiger partial charge < -0.3 is 0 Å². The zero-order valence-electron chi connectivity index (χ0n) is 8.98. The lowest BCUT2D eigenvalue weighted by atomic mass is 10.2. The highest BCUT2D eigenvalue weighted by atomic mass is 16.6. The summed E-state index contributed by atoms with van der Waals surface area (Å²) >= 11 is 0. The molecule has 0 N–H and O–H groups in total. The van der Waals surface area contributed by atoms with Crippen molar-refractivity contribution in [3.63, 3.8) is 0 Å². The molecule has 1 aromatic carbocycles. The summed E-state index contributed by atoms with van der Waals surface area (Å²) in [4.78, 5) is 14.2. The van der Waals surface area contributed by atoms with E-state index < -0.39 is 4.92 Å². The van der Waals surface area contributed by atoms with Crippen LogP contribution in [0.25, 0.3) is 11.4 Å². The van der Waals surface area contributed by atoms with Crippen molar-refractivity contribution in [3.05, 3.63) is 53.4 Å². The molecule has 2 rings (SSSR count). The molecule has 2 aromatic rings. The van der Waals surface area contributed by atoms with E-state index in [2.05, 4.69) is 16.7 Å². The molecule has 6 nitrogen and oxygen atoms in total. The van der Waals surface area contributed by atoms with Crippen LogP contribution in [0.4, 0.5) is 5.69 Å². The fourth-order valence-corrected chi connectivity index (χ4v) is 1.38. The van der Waals surface area contributed by atoms with Gasteiger partial charge in [-0.2, -0.15) is 5.10 Å². The number of nitro benzene ring substituents is 1. The standard InChI is InChI=1S/C11H10N4O2/c1-2-7-14-8-12-11(13-14)9-3-5-10(6-4-9)15(16)17/h2-6,8H,1,7H2. The molecule has 0 aliphatic rings. The summed E-state index contributed by atoms with van der Waals surface area (Å²) in [5, 5.41) is 14.7. The van der Waals surface area contributed by atoms with Gasteiger partial charge in [-0.3, -0.25) is 10.1 Å². The Morgan fingerprint density at radius 3 is 2.71 bits per heavy atom. The number of aromatic nitrogens is 3. The Morgan fingerprint density at radius 1 is 1.41 bits per heavy atom. The van der Waals surface area contributed by atoms with E-state index in [1.165, 1.54) is 12.1 Å². The van der Waals surface area contributed by atoms with Crippen molar-refractivity contribution < 1.29 is 4.92 Å². The molecule has 0 saturated heterocycles. The van der Waals surface area contributed by atoms with Gasteiger partial charge in [0.2, 0.25) is 0 Å². The first-order chi connectivity index (χ1) is 8.20. The van der Waals surface area contributed by atoms with Gasteiger partial charge in [-0.1, -0.05) is 6.08 Å². The fraction of sp³-hybridized carbons (Fsp3) is 0.0909. The number of benzene rings is 1. The third-order valence-corrected chi connectivity index (χ3v) is 2.19. The Labute approximate surface area is 97.4 Å². The van der Waals surface area contributed by atoms with Crippen molar-refractivity contribution >= 4 is 5.69 Å². The maximum Gasteiger partial charge on any atom is 0.269 e. The van der Waals surface area contributed by atoms with E-state index in [0.29, 0.717) is 12.4 Å². The van der Waals surface area contributed by atoms with Crippen LogP contribution >= 0.6 is 0 Å². The number of allylic oxidation sites excluding steroid dienone is 1. The first kappa shape index (κ1) is 11.0. The zero-order chi connectivity index (χ0) is 12.3. The van der Waals surface area contributed by atoms with E-state index in [-0.39, 0.29) is 5.69 Å². The Kier molecular flexibility index (Phi) is 2.95. The average Bonchev–Trinajstić information content (AvgIpc) is 2.78. The van der Waals surface area contributed by atoms with E-state index in [4.69, 9.17) is 0 Å². The molecule has 1 heterocycles. The maximum absolute atomic E-state index is 10.5. The van der Waals surface area contributed by atoms with Gasteiger partial charge in [-0.15, -0.1) is 6.58 Å². The molecule has 0 aliphatic heterocycles. The second-order valence-electron chi connectivity index (χ2n) is 3.38.